The van der Waals surface area contributed by atoms with E-state index in [-0.39, 0.29) is 17.1 Å². The summed E-state index contributed by atoms with van der Waals surface area (Å²) >= 11 is -5.62. The van der Waals surface area contributed by atoms with Gasteiger partial charge in [0.15, 0.2) is 0 Å². The average molecular weight is 236 g/mol. The second-order valence-electron chi connectivity index (χ2n) is 0.602. The van der Waals surface area contributed by atoms with E-state index < -0.39 is 18.1 Å². The Labute approximate surface area is 66.6 Å². The summed E-state index contributed by atoms with van der Waals surface area (Å²) in [6.45, 7) is 0. The van der Waals surface area contributed by atoms with E-state index in [1.54, 1.807) is 0 Å². The zero-order chi connectivity index (χ0) is 8.08. The number of hydrogen-bond acceptors (Lipinski definition) is 7. The van der Waals surface area contributed by atoms with E-state index >= 15 is 0 Å². The maximum absolute atomic E-state index is 8.58. The van der Waals surface area contributed by atoms with Gasteiger partial charge in [-0.3, -0.25) is 0 Å². The Kier molecular flexibility index (Phi) is 10.9. The third-order valence-corrected chi connectivity index (χ3v) is 0. The first kappa shape index (κ1) is 16.3. The van der Waals surface area contributed by atoms with Crippen LogP contribution in [0.5, 0.6) is 0 Å². The molecule has 0 spiro atoms. The molecule has 0 rings (SSSR count). The molecule has 10 heteroatoms. The molecule has 61 valence electrons. The van der Waals surface area contributed by atoms with E-state index in [4.69, 9.17) is 31.0 Å². The fourth-order valence-corrected chi connectivity index (χ4v) is 0. The Hall–Kier alpha value is -0.401. The molecule has 0 aliphatic heterocycles. The van der Waals surface area contributed by atoms with Crippen LogP contribution in [-0.2, 0) is 41.5 Å². The van der Waals surface area contributed by atoms with Crippen LogP contribution in [-0.4, -0.2) is 5.09 Å². The zero-order valence-corrected chi connectivity index (χ0v) is 6.42. The van der Waals surface area contributed by atoms with Gasteiger partial charge in [-0.05, 0) is 0 Å². The van der Waals surface area contributed by atoms with Crippen molar-refractivity contribution in [1.29, 1.82) is 0 Å². The molecule has 1 radical (unpaired) electrons. The molecule has 0 N–H and O–H groups in total. The summed E-state index contributed by atoms with van der Waals surface area (Å²) in [5, 5.41) is 14.8. The molecule has 8 nitrogen and oxygen atoms in total. The van der Waals surface area contributed by atoms with Crippen molar-refractivity contribution in [1.82, 2.24) is 0 Å². The Morgan fingerprint density at radius 1 is 1.10 bits per heavy atom. The van der Waals surface area contributed by atoms with E-state index in [1.807, 2.05) is 0 Å². The quantitative estimate of drug-likeness (QED) is 0.274. The first-order valence-electron chi connectivity index (χ1n) is 1.16. The van der Waals surface area contributed by atoms with Crippen molar-refractivity contribution in [2.24, 2.45) is 0 Å². The second kappa shape index (κ2) is 6.72. The van der Waals surface area contributed by atoms with Crippen molar-refractivity contribution in [3.63, 3.8) is 0 Å². The molecule has 0 amide bonds. The molecule has 0 saturated heterocycles. The normalized spacial score (nSPS) is 8.10. The van der Waals surface area contributed by atoms with Gasteiger partial charge in [-0.15, -0.1) is 0 Å². The molecule has 0 aromatic heterocycles. The van der Waals surface area contributed by atoms with Gasteiger partial charge < -0.3 is 15.3 Å². The van der Waals surface area contributed by atoms with Crippen molar-refractivity contribution in [3.8, 4) is 0 Å². The van der Waals surface area contributed by atoms with Gasteiger partial charge in [-0.1, -0.05) is 0 Å². The first-order chi connectivity index (χ1) is 3.73. The van der Waals surface area contributed by atoms with E-state index in [0.29, 0.717) is 0 Å². The fraction of sp³-hybridized carbons (Fsp3) is 0. The van der Waals surface area contributed by atoms with E-state index in [2.05, 4.69) is 0 Å². The summed E-state index contributed by atoms with van der Waals surface area (Å²) in [7, 11) is 0. The van der Waals surface area contributed by atoms with Crippen LogP contribution in [0.4, 0.5) is 0 Å². The SMILES string of the molecule is O=[N+]([O-])[O-].[Mn+2].[O]=[Mn](=[O])(=[O])[O-]. The van der Waals surface area contributed by atoms with Gasteiger partial charge in [0.25, 0.3) is 0 Å². The molecule has 10 heavy (non-hydrogen) atoms. The third-order valence-electron chi connectivity index (χ3n) is 0. The summed E-state index contributed by atoms with van der Waals surface area (Å²) in [5.74, 6) is 0. The molecule has 0 saturated carbocycles. The van der Waals surface area contributed by atoms with Gasteiger partial charge in [-0.25, -0.2) is 0 Å². The summed E-state index contributed by atoms with van der Waals surface area (Å²) < 4.78 is 34.3. The average Bonchev–Trinajstić information content (AvgIpc) is 1.19. The number of rotatable bonds is 0. The molecule has 0 heterocycles. The van der Waals surface area contributed by atoms with Crippen LogP contribution >= 0.6 is 0 Å². The molecule has 0 aromatic carbocycles. The van der Waals surface area contributed by atoms with Gasteiger partial charge in [0.2, 0.25) is 0 Å². The molecule has 0 aromatic rings. The Morgan fingerprint density at radius 3 is 1.10 bits per heavy atom. The van der Waals surface area contributed by atoms with Crippen LogP contribution in [0.1, 0.15) is 0 Å². The molecule has 0 unspecified atom stereocenters. The summed E-state index contributed by atoms with van der Waals surface area (Å²) in [5.41, 5.74) is 0. The van der Waals surface area contributed by atoms with Gasteiger partial charge in [0, 0.05) is 0 Å². The molecule has 0 atom stereocenters. The molecule has 0 aliphatic rings. The zero-order valence-electron chi connectivity index (χ0n) is 4.06. The van der Waals surface area contributed by atoms with Crippen LogP contribution in [0, 0.1) is 15.3 Å². The van der Waals surface area contributed by atoms with Crippen molar-refractivity contribution in [2.45, 2.75) is 0 Å². The van der Waals surface area contributed by atoms with Gasteiger partial charge in [-0.2, -0.15) is 0 Å². The molecular weight excluding hydrogens is 236 g/mol. The number of nitrogens with zero attached hydrogens (tertiary/aromatic N) is 1. The summed E-state index contributed by atoms with van der Waals surface area (Å²) in [6, 6.07) is 0. The molecule has 0 fully saturated rings. The van der Waals surface area contributed by atoms with Crippen molar-refractivity contribution >= 4 is 0 Å². The molecule has 0 bridgehead atoms. The third kappa shape index (κ3) is 2060. The van der Waals surface area contributed by atoms with Crippen molar-refractivity contribution in [2.75, 3.05) is 0 Å². The van der Waals surface area contributed by atoms with Crippen molar-refractivity contribution in [3.05, 3.63) is 15.3 Å². The van der Waals surface area contributed by atoms with Crippen LogP contribution in [0.25, 0.3) is 0 Å². The number of hydrogen-bond donors (Lipinski definition) is 0. The molecule has 0 aliphatic carbocycles. The van der Waals surface area contributed by atoms with Gasteiger partial charge in [0.05, 0.1) is 5.09 Å². The maximum atomic E-state index is 8.58. The summed E-state index contributed by atoms with van der Waals surface area (Å²) in [4.78, 5) is 8.25. The summed E-state index contributed by atoms with van der Waals surface area (Å²) in [6.07, 6.45) is 0. The minimum absolute atomic E-state index is 0. The first-order valence-corrected chi connectivity index (χ1v) is 3.09. The second-order valence-corrected chi connectivity index (χ2v) is 1.78. The monoisotopic (exact) mass is 236 g/mol. The van der Waals surface area contributed by atoms with E-state index in [0.717, 1.165) is 0 Å². The Balaban J connectivity index is -0.0000000910. The van der Waals surface area contributed by atoms with E-state index in [9.17, 15) is 0 Å². The Morgan fingerprint density at radius 2 is 1.10 bits per heavy atom. The van der Waals surface area contributed by atoms with E-state index in [1.165, 1.54) is 0 Å². The van der Waals surface area contributed by atoms with Gasteiger partial charge >= 0.3 is 45.7 Å². The predicted molar refractivity (Wildman–Crippen MR) is 12.4 cm³/mol. The van der Waals surface area contributed by atoms with Crippen molar-refractivity contribution < 1.29 is 50.8 Å². The van der Waals surface area contributed by atoms with Gasteiger partial charge in [0.1, 0.15) is 0 Å². The predicted octanol–water partition coefficient (Wildman–Crippen LogP) is -1.79. The topological polar surface area (TPSA) is 140 Å². The standard InChI is InChI=1S/2Mn.NO3.4O/c;;2-1(3)4;;;;/q;+2;-1;;;;-1. The van der Waals surface area contributed by atoms with Crippen LogP contribution in [0.15, 0.2) is 0 Å². The minimum atomic E-state index is -5.62. The van der Waals surface area contributed by atoms with Crippen LogP contribution in [0.3, 0.4) is 0 Å². The van der Waals surface area contributed by atoms with Crippen LogP contribution < -0.4 is 4.19 Å². The Bertz CT molecular complexity index is 197. The molecular formula is Mn2NO7. The van der Waals surface area contributed by atoms with Crippen LogP contribution in [0.2, 0.25) is 0 Å². The fourth-order valence-electron chi connectivity index (χ4n) is 0.